The Balaban J connectivity index is 2.02. The minimum atomic E-state index is 0.505. The van der Waals surface area contributed by atoms with Crippen LogP contribution in [-0.2, 0) is 6.42 Å². The second kappa shape index (κ2) is 6.60. The molecule has 1 aromatic rings. The Hall–Kier alpha value is -1.28. The summed E-state index contributed by atoms with van der Waals surface area (Å²) in [6, 6.07) is 8.92. The minimum absolute atomic E-state index is 0.505. The van der Waals surface area contributed by atoms with E-state index in [1.807, 2.05) is 12.1 Å². The fourth-order valence-corrected chi connectivity index (χ4v) is 2.59. The van der Waals surface area contributed by atoms with Crippen LogP contribution in [0.4, 0.5) is 0 Å². The standard InChI is InChI=1S/C16H23NO/c1-3-17-16(14-6-4-5-7-14)12-13-8-10-15(18-2)11-9-13/h6,8-11,16-17H,3-5,7,12H2,1-2H3. The third-order valence-corrected chi connectivity index (χ3v) is 3.57. The fraction of sp³-hybridized carbons (Fsp3) is 0.500. The Morgan fingerprint density at radius 1 is 1.28 bits per heavy atom. The summed E-state index contributed by atoms with van der Waals surface area (Å²) in [6.45, 7) is 3.20. The monoisotopic (exact) mass is 245 g/mol. The normalized spacial score (nSPS) is 16.4. The number of methoxy groups -OCH3 is 1. The van der Waals surface area contributed by atoms with Crippen LogP contribution in [0.3, 0.4) is 0 Å². The number of likely N-dealkylation sites (N-methyl/N-ethyl adjacent to an activating group) is 1. The molecule has 0 aromatic heterocycles. The fourth-order valence-electron chi connectivity index (χ4n) is 2.59. The van der Waals surface area contributed by atoms with Crippen LogP contribution in [0.25, 0.3) is 0 Å². The molecule has 2 rings (SSSR count). The molecule has 18 heavy (non-hydrogen) atoms. The highest BCUT2D eigenvalue weighted by atomic mass is 16.5. The van der Waals surface area contributed by atoms with E-state index in [1.165, 1.54) is 24.8 Å². The van der Waals surface area contributed by atoms with Crippen molar-refractivity contribution in [3.8, 4) is 5.75 Å². The molecule has 1 aliphatic carbocycles. The Morgan fingerprint density at radius 3 is 2.61 bits per heavy atom. The highest BCUT2D eigenvalue weighted by Gasteiger charge is 2.16. The van der Waals surface area contributed by atoms with Crippen molar-refractivity contribution in [1.29, 1.82) is 0 Å². The van der Waals surface area contributed by atoms with E-state index < -0.39 is 0 Å². The number of nitrogens with one attached hydrogen (secondary N) is 1. The summed E-state index contributed by atoms with van der Waals surface area (Å²) in [5.74, 6) is 0.929. The van der Waals surface area contributed by atoms with E-state index in [9.17, 15) is 0 Å². The summed E-state index contributed by atoms with van der Waals surface area (Å²) in [6.07, 6.45) is 7.31. The summed E-state index contributed by atoms with van der Waals surface area (Å²) >= 11 is 0. The van der Waals surface area contributed by atoms with E-state index >= 15 is 0 Å². The van der Waals surface area contributed by atoms with E-state index in [0.717, 1.165) is 18.7 Å². The molecular formula is C16H23NO. The first-order chi connectivity index (χ1) is 8.83. The van der Waals surface area contributed by atoms with Crippen molar-refractivity contribution in [3.05, 3.63) is 41.5 Å². The molecule has 1 unspecified atom stereocenters. The van der Waals surface area contributed by atoms with E-state index in [0.29, 0.717) is 6.04 Å². The lowest BCUT2D eigenvalue weighted by Crippen LogP contribution is -2.32. The van der Waals surface area contributed by atoms with Gasteiger partial charge in [0.1, 0.15) is 5.75 Å². The van der Waals surface area contributed by atoms with Gasteiger partial charge in [-0.1, -0.05) is 30.7 Å². The van der Waals surface area contributed by atoms with E-state index in [4.69, 9.17) is 4.74 Å². The molecule has 0 spiro atoms. The number of rotatable bonds is 6. The first kappa shape index (κ1) is 13.2. The average molecular weight is 245 g/mol. The summed E-state index contributed by atoms with van der Waals surface area (Å²) in [4.78, 5) is 0. The number of hydrogen-bond acceptors (Lipinski definition) is 2. The van der Waals surface area contributed by atoms with E-state index in [2.05, 4.69) is 30.4 Å². The van der Waals surface area contributed by atoms with Crippen LogP contribution < -0.4 is 10.1 Å². The minimum Gasteiger partial charge on any atom is -0.497 e. The highest BCUT2D eigenvalue weighted by molar-refractivity contribution is 5.29. The molecule has 0 radical (unpaired) electrons. The zero-order valence-corrected chi connectivity index (χ0v) is 11.4. The summed E-state index contributed by atoms with van der Waals surface area (Å²) in [7, 11) is 1.71. The van der Waals surface area contributed by atoms with Crippen molar-refractivity contribution in [2.45, 2.75) is 38.6 Å². The van der Waals surface area contributed by atoms with Gasteiger partial charge in [0.2, 0.25) is 0 Å². The number of allylic oxidation sites excluding steroid dienone is 1. The van der Waals surface area contributed by atoms with Gasteiger partial charge in [-0.05, 0) is 49.9 Å². The van der Waals surface area contributed by atoms with Gasteiger partial charge in [-0.25, -0.2) is 0 Å². The molecule has 0 aliphatic heterocycles. The summed E-state index contributed by atoms with van der Waals surface area (Å²) in [5.41, 5.74) is 2.96. The third-order valence-electron chi connectivity index (χ3n) is 3.57. The van der Waals surface area contributed by atoms with Gasteiger partial charge < -0.3 is 10.1 Å². The Kier molecular flexibility index (Phi) is 4.82. The van der Waals surface area contributed by atoms with Crippen LogP contribution >= 0.6 is 0 Å². The molecule has 0 saturated carbocycles. The second-order valence-corrected chi connectivity index (χ2v) is 4.83. The van der Waals surface area contributed by atoms with Crippen LogP contribution in [0.2, 0.25) is 0 Å². The van der Waals surface area contributed by atoms with Crippen molar-refractivity contribution in [1.82, 2.24) is 5.32 Å². The van der Waals surface area contributed by atoms with Gasteiger partial charge in [-0.15, -0.1) is 0 Å². The van der Waals surface area contributed by atoms with Crippen LogP contribution in [0.15, 0.2) is 35.9 Å². The van der Waals surface area contributed by atoms with Crippen LogP contribution in [0.5, 0.6) is 5.75 Å². The molecular weight excluding hydrogens is 222 g/mol. The summed E-state index contributed by atoms with van der Waals surface area (Å²) < 4.78 is 5.19. The maximum atomic E-state index is 5.19. The molecule has 2 heteroatoms. The zero-order valence-electron chi connectivity index (χ0n) is 11.4. The van der Waals surface area contributed by atoms with Crippen LogP contribution in [0, 0.1) is 0 Å². The lowest BCUT2D eigenvalue weighted by molar-refractivity contribution is 0.414. The molecule has 1 aliphatic rings. The molecule has 98 valence electrons. The maximum absolute atomic E-state index is 5.19. The van der Waals surface area contributed by atoms with Crippen molar-refractivity contribution in [2.24, 2.45) is 0 Å². The van der Waals surface area contributed by atoms with Gasteiger partial charge in [0, 0.05) is 6.04 Å². The SMILES string of the molecule is CCNC(Cc1ccc(OC)cc1)C1=CCCC1. The number of ether oxygens (including phenoxy) is 1. The van der Waals surface area contributed by atoms with Crippen molar-refractivity contribution < 1.29 is 4.74 Å². The van der Waals surface area contributed by atoms with Gasteiger partial charge in [0.25, 0.3) is 0 Å². The van der Waals surface area contributed by atoms with Gasteiger partial charge in [-0.3, -0.25) is 0 Å². The molecule has 1 aromatic carbocycles. The first-order valence-electron chi connectivity index (χ1n) is 6.88. The van der Waals surface area contributed by atoms with Gasteiger partial charge in [-0.2, -0.15) is 0 Å². The Morgan fingerprint density at radius 2 is 2.06 bits per heavy atom. The number of benzene rings is 1. The van der Waals surface area contributed by atoms with Gasteiger partial charge in [0.15, 0.2) is 0 Å². The molecule has 0 bridgehead atoms. The zero-order chi connectivity index (χ0) is 12.8. The number of hydrogen-bond donors (Lipinski definition) is 1. The van der Waals surface area contributed by atoms with Crippen molar-refractivity contribution >= 4 is 0 Å². The smallest absolute Gasteiger partial charge is 0.118 e. The summed E-state index contributed by atoms with van der Waals surface area (Å²) in [5, 5.41) is 3.60. The lowest BCUT2D eigenvalue weighted by Gasteiger charge is -2.19. The molecule has 1 atom stereocenters. The van der Waals surface area contributed by atoms with Crippen LogP contribution in [0.1, 0.15) is 31.7 Å². The second-order valence-electron chi connectivity index (χ2n) is 4.83. The molecule has 1 N–H and O–H groups in total. The molecule has 0 amide bonds. The topological polar surface area (TPSA) is 21.3 Å². The predicted molar refractivity (Wildman–Crippen MR) is 76.1 cm³/mol. The molecule has 2 nitrogen and oxygen atoms in total. The van der Waals surface area contributed by atoms with Gasteiger partial charge in [0.05, 0.1) is 7.11 Å². The predicted octanol–water partition coefficient (Wildman–Crippen LogP) is 3.33. The Labute approximate surface area is 110 Å². The lowest BCUT2D eigenvalue weighted by atomic mass is 9.98. The molecule has 0 saturated heterocycles. The van der Waals surface area contributed by atoms with E-state index in [1.54, 1.807) is 12.7 Å². The highest BCUT2D eigenvalue weighted by Crippen LogP contribution is 2.23. The maximum Gasteiger partial charge on any atom is 0.118 e. The average Bonchev–Trinajstić information content (AvgIpc) is 2.93. The van der Waals surface area contributed by atoms with Crippen molar-refractivity contribution in [2.75, 3.05) is 13.7 Å². The molecule has 0 heterocycles. The Bertz CT molecular complexity index is 394. The third kappa shape index (κ3) is 3.36. The largest absolute Gasteiger partial charge is 0.497 e. The van der Waals surface area contributed by atoms with Crippen molar-refractivity contribution in [3.63, 3.8) is 0 Å². The van der Waals surface area contributed by atoms with Crippen LogP contribution in [-0.4, -0.2) is 19.7 Å². The van der Waals surface area contributed by atoms with E-state index in [-0.39, 0.29) is 0 Å². The molecule has 0 fully saturated rings. The van der Waals surface area contributed by atoms with Gasteiger partial charge >= 0.3 is 0 Å². The quantitative estimate of drug-likeness (QED) is 0.776. The first-order valence-corrected chi connectivity index (χ1v) is 6.88.